The van der Waals surface area contributed by atoms with Crippen LogP contribution in [0.4, 0.5) is 0 Å². The smallest absolute Gasteiger partial charge is 0.355 e. The van der Waals surface area contributed by atoms with Gasteiger partial charge in [0.25, 0.3) is 0 Å². The second-order valence-electron chi connectivity index (χ2n) is 4.93. The fraction of sp³-hybridized carbons (Fsp3) is 0. The highest BCUT2D eigenvalue weighted by molar-refractivity contribution is 7.80. The van der Waals surface area contributed by atoms with Crippen LogP contribution in [-0.4, -0.2) is 17.3 Å². The lowest BCUT2D eigenvalue weighted by atomic mass is 10.2. The number of halogens is 1. The molecule has 8 heteroatoms. The van der Waals surface area contributed by atoms with Gasteiger partial charge in [0.2, 0.25) is 0 Å². The molecule has 0 saturated carbocycles. The Bertz CT molecular complexity index is 968. The number of nitrogens with zero attached hydrogens (tertiary/aromatic N) is 1. The van der Waals surface area contributed by atoms with Gasteiger partial charge in [-0.3, -0.25) is 5.43 Å². The van der Waals surface area contributed by atoms with Crippen LogP contribution in [0.5, 0.6) is 5.75 Å². The fourth-order valence-electron chi connectivity index (χ4n) is 2.09. The third kappa shape index (κ3) is 4.14. The molecule has 126 valence electrons. The first kappa shape index (κ1) is 17.3. The summed E-state index contributed by atoms with van der Waals surface area (Å²) >= 11 is 12.2. The fourth-order valence-corrected chi connectivity index (χ4v) is 3.53. The summed E-state index contributed by atoms with van der Waals surface area (Å²) in [6.45, 7) is 0. The van der Waals surface area contributed by atoms with Crippen molar-refractivity contribution >= 4 is 62.5 Å². The van der Waals surface area contributed by atoms with Crippen LogP contribution in [0.1, 0.15) is 15.2 Å². The molecule has 0 aliphatic heterocycles. The third-order valence-corrected chi connectivity index (χ3v) is 4.95. The number of fused-ring (bicyclic) bond motifs is 1. The average Bonchev–Trinajstić information content (AvgIpc) is 2.94. The van der Waals surface area contributed by atoms with Crippen LogP contribution in [0.2, 0.25) is 5.02 Å². The normalized spacial score (nSPS) is 10.9. The van der Waals surface area contributed by atoms with Crippen LogP contribution in [0.15, 0.2) is 53.6 Å². The van der Waals surface area contributed by atoms with Crippen molar-refractivity contribution < 1.29 is 9.53 Å². The molecule has 2 aromatic carbocycles. The molecule has 0 fully saturated rings. The molecule has 0 spiro atoms. The molecule has 0 bridgehead atoms. The summed E-state index contributed by atoms with van der Waals surface area (Å²) in [4.78, 5) is 12.8. The Morgan fingerprint density at radius 1 is 1.24 bits per heavy atom. The lowest BCUT2D eigenvalue weighted by Gasteiger charge is -2.03. The highest BCUT2D eigenvalue weighted by Crippen LogP contribution is 2.35. The number of hydrogen-bond donors (Lipinski definition) is 2. The maximum Gasteiger partial charge on any atom is 0.355 e. The number of carbonyl (C=O) groups excluding carboxylic acids is 1. The molecule has 5 nitrogen and oxygen atoms in total. The molecule has 1 heterocycles. The summed E-state index contributed by atoms with van der Waals surface area (Å²) in [6.07, 6.45) is 1.55. The predicted octanol–water partition coefficient (Wildman–Crippen LogP) is 3.94. The molecule has 0 unspecified atom stereocenters. The Morgan fingerprint density at radius 2 is 1.96 bits per heavy atom. The maximum atomic E-state index is 12.4. The summed E-state index contributed by atoms with van der Waals surface area (Å²) < 4.78 is 6.34. The lowest BCUT2D eigenvalue weighted by molar-refractivity contribution is 0.0740. The Morgan fingerprint density at radius 3 is 2.64 bits per heavy atom. The monoisotopic (exact) mass is 389 g/mol. The Kier molecular flexibility index (Phi) is 5.28. The first-order valence-corrected chi connectivity index (χ1v) is 8.72. The van der Waals surface area contributed by atoms with Crippen molar-refractivity contribution in [2.24, 2.45) is 10.8 Å². The van der Waals surface area contributed by atoms with Gasteiger partial charge in [-0.25, -0.2) is 4.79 Å². The minimum Gasteiger partial charge on any atom is -0.422 e. The van der Waals surface area contributed by atoms with E-state index in [1.54, 1.807) is 30.5 Å². The first-order chi connectivity index (χ1) is 12.0. The molecule has 1 aromatic heterocycles. The van der Waals surface area contributed by atoms with Crippen molar-refractivity contribution in [3.8, 4) is 5.75 Å². The molecule has 0 radical (unpaired) electrons. The predicted molar refractivity (Wildman–Crippen MR) is 106 cm³/mol. The van der Waals surface area contributed by atoms with Gasteiger partial charge in [-0.2, -0.15) is 5.10 Å². The minimum absolute atomic E-state index is 0.0852. The van der Waals surface area contributed by atoms with Crippen LogP contribution < -0.4 is 15.9 Å². The Hall–Kier alpha value is -2.48. The minimum atomic E-state index is -0.484. The number of nitrogens with one attached hydrogen (secondary N) is 1. The van der Waals surface area contributed by atoms with Crippen LogP contribution in [-0.2, 0) is 0 Å². The number of ether oxygens (including phenoxy) is 1. The number of esters is 1. The van der Waals surface area contributed by atoms with Gasteiger partial charge >= 0.3 is 5.97 Å². The second kappa shape index (κ2) is 7.60. The number of thiocarbonyl (C=S) groups is 1. The Labute approximate surface area is 158 Å². The summed E-state index contributed by atoms with van der Waals surface area (Å²) in [7, 11) is 0. The molecule has 3 N–H and O–H groups in total. The van der Waals surface area contributed by atoms with Crippen LogP contribution in [0, 0.1) is 0 Å². The topological polar surface area (TPSA) is 76.7 Å². The highest BCUT2D eigenvalue weighted by atomic mass is 35.5. The van der Waals surface area contributed by atoms with Gasteiger partial charge in [0.15, 0.2) is 5.11 Å². The number of benzene rings is 2. The van der Waals surface area contributed by atoms with E-state index in [-0.39, 0.29) is 5.11 Å². The molecule has 0 saturated heterocycles. The number of thiophene rings is 1. The third-order valence-electron chi connectivity index (χ3n) is 3.20. The molecule has 0 atom stereocenters. The van der Waals surface area contributed by atoms with Crippen LogP contribution in [0.25, 0.3) is 10.1 Å². The maximum absolute atomic E-state index is 12.4. The van der Waals surface area contributed by atoms with Gasteiger partial charge in [-0.1, -0.05) is 29.8 Å². The van der Waals surface area contributed by atoms with Crippen molar-refractivity contribution in [1.82, 2.24) is 5.43 Å². The van der Waals surface area contributed by atoms with Crippen molar-refractivity contribution in [2.75, 3.05) is 0 Å². The van der Waals surface area contributed by atoms with E-state index in [0.717, 1.165) is 15.6 Å². The van der Waals surface area contributed by atoms with E-state index in [4.69, 9.17) is 22.1 Å². The lowest BCUT2D eigenvalue weighted by Crippen LogP contribution is -2.23. The van der Waals surface area contributed by atoms with Crippen molar-refractivity contribution in [3.63, 3.8) is 0 Å². The molecule has 3 aromatic rings. The summed E-state index contributed by atoms with van der Waals surface area (Å²) in [5.41, 5.74) is 8.53. The first-order valence-electron chi connectivity index (χ1n) is 7.12. The van der Waals surface area contributed by atoms with Gasteiger partial charge in [0, 0.05) is 10.1 Å². The van der Waals surface area contributed by atoms with E-state index in [9.17, 15) is 4.79 Å². The average molecular weight is 390 g/mol. The number of rotatable bonds is 4. The van der Waals surface area contributed by atoms with Crippen molar-refractivity contribution in [2.45, 2.75) is 0 Å². The van der Waals surface area contributed by atoms with Gasteiger partial charge in [0.1, 0.15) is 10.6 Å². The largest absolute Gasteiger partial charge is 0.422 e. The number of carbonyl (C=O) groups is 1. The number of hydrazone groups is 1. The number of nitrogens with two attached hydrogens (primary N) is 1. The zero-order chi connectivity index (χ0) is 17.8. The van der Waals surface area contributed by atoms with Crippen molar-refractivity contribution in [3.05, 3.63) is 64.0 Å². The molecule has 0 aliphatic rings. The quantitative estimate of drug-likeness (QED) is 0.232. The molecule has 0 aliphatic carbocycles. The second-order valence-corrected chi connectivity index (χ2v) is 6.80. The summed E-state index contributed by atoms with van der Waals surface area (Å²) in [6, 6.07) is 14.4. The number of hydrogen-bond acceptors (Lipinski definition) is 5. The highest BCUT2D eigenvalue weighted by Gasteiger charge is 2.18. The van der Waals surface area contributed by atoms with Gasteiger partial charge in [-0.15, -0.1) is 11.3 Å². The Balaban J connectivity index is 1.73. The SMILES string of the molecule is NC(=S)N/N=C\c1ccc(OC(=O)c2sc3ccccc3c2Cl)cc1. The zero-order valence-electron chi connectivity index (χ0n) is 12.7. The molecule has 0 amide bonds. The van der Waals surface area contributed by atoms with Crippen LogP contribution >= 0.6 is 35.2 Å². The van der Waals surface area contributed by atoms with Gasteiger partial charge < -0.3 is 10.5 Å². The van der Waals surface area contributed by atoms with E-state index in [1.807, 2.05) is 24.3 Å². The molecular weight excluding hydrogens is 378 g/mol. The van der Waals surface area contributed by atoms with E-state index in [2.05, 4.69) is 22.7 Å². The van der Waals surface area contributed by atoms with Crippen molar-refractivity contribution in [1.29, 1.82) is 0 Å². The standard InChI is InChI=1S/C17H12ClN3O2S2/c18-14-12-3-1-2-4-13(12)25-15(14)16(22)23-11-7-5-10(6-8-11)9-20-21-17(19)24/h1-9H,(H3,19,21,24)/b20-9-. The van der Waals surface area contributed by atoms with Crippen LogP contribution in [0.3, 0.4) is 0 Å². The summed E-state index contributed by atoms with van der Waals surface area (Å²) in [5, 5.41) is 5.20. The summed E-state index contributed by atoms with van der Waals surface area (Å²) in [5.74, 6) is -0.0688. The molecule has 25 heavy (non-hydrogen) atoms. The van der Waals surface area contributed by atoms with Gasteiger partial charge in [-0.05, 0) is 48.1 Å². The van der Waals surface area contributed by atoms with E-state index in [1.165, 1.54) is 11.3 Å². The van der Waals surface area contributed by atoms with Gasteiger partial charge in [0.05, 0.1) is 11.2 Å². The zero-order valence-corrected chi connectivity index (χ0v) is 15.1. The molecular formula is C17H12ClN3O2S2. The van der Waals surface area contributed by atoms with E-state index >= 15 is 0 Å². The van der Waals surface area contributed by atoms with E-state index in [0.29, 0.717) is 15.6 Å². The van der Waals surface area contributed by atoms with E-state index < -0.39 is 5.97 Å². The molecule has 3 rings (SSSR count).